The second-order valence-electron chi connectivity index (χ2n) is 10.4. The van der Waals surface area contributed by atoms with Crippen LogP contribution in [0.25, 0.3) is 43.7 Å². The first-order valence-corrected chi connectivity index (χ1v) is 13.4. The van der Waals surface area contributed by atoms with E-state index in [1.807, 2.05) is 12.1 Å². The number of aromatic nitrogens is 2. The number of hydrogen-bond acceptors (Lipinski definition) is 3. The summed E-state index contributed by atoms with van der Waals surface area (Å²) in [5.74, 6) is 0.321. The first-order chi connectivity index (χ1) is 17.7. The number of rotatable bonds is 8. The molecule has 5 aromatic rings. The number of aryl methyl sites for hydroxylation is 1. The Morgan fingerprint density at radius 3 is 2.31 bits per heavy atom. The number of nitrogens with one attached hydrogen (secondary N) is 1. The summed E-state index contributed by atoms with van der Waals surface area (Å²) in [6.07, 6.45) is 9.17. The molecule has 0 aliphatic carbocycles. The Morgan fingerprint density at radius 2 is 1.50 bits per heavy atom. The molecule has 1 aliphatic heterocycles. The van der Waals surface area contributed by atoms with E-state index in [1.165, 1.54) is 90.3 Å². The van der Waals surface area contributed by atoms with Crippen LogP contribution in [0.4, 0.5) is 0 Å². The highest BCUT2D eigenvalue weighted by Gasteiger charge is 2.18. The fourth-order valence-corrected chi connectivity index (χ4v) is 5.93. The number of aromatic hydroxyl groups is 1. The average molecular weight is 481 g/mol. The standard InChI is InChI=1S/C31H36N4O/c1-33-15-17-34(18-16-33)13-7-2-3-8-14-35-29-12-11-24(36)19-26(29)31-28-22-32-21-27(28)25(20-30(31)35)23-9-5-4-6-10-23/h4-6,9-12,19-22,32,36H,2-3,7-8,13-18H2,1H3. The van der Waals surface area contributed by atoms with Gasteiger partial charge in [-0.1, -0.05) is 43.2 Å². The van der Waals surface area contributed by atoms with E-state index in [4.69, 9.17) is 0 Å². The van der Waals surface area contributed by atoms with Gasteiger partial charge in [-0.25, -0.2) is 0 Å². The zero-order chi connectivity index (χ0) is 24.5. The summed E-state index contributed by atoms with van der Waals surface area (Å²) in [4.78, 5) is 8.39. The number of hydrogen-bond donors (Lipinski definition) is 2. The van der Waals surface area contributed by atoms with Crippen molar-refractivity contribution in [1.82, 2.24) is 19.4 Å². The molecule has 0 amide bonds. The molecule has 1 saturated heterocycles. The van der Waals surface area contributed by atoms with Gasteiger partial charge in [0.2, 0.25) is 0 Å². The second kappa shape index (κ2) is 10.00. The number of likely N-dealkylation sites (N-methyl/N-ethyl adjacent to an activating group) is 1. The molecular formula is C31H36N4O. The number of benzene rings is 3. The van der Waals surface area contributed by atoms with Crippen molar-refractivity contribution >= 4 is 32.6 Å². The van der Waals surface area contributed by atoms with Crippen LogP contribution >= 0.6 is 0 Å². The lowest BCUT2D eigenvalue weighted by Gasteiger charge is -2.32. The van der Waals surface area contributed by atoms with Crippen LogP contribution in [0.15, 0.2) is 67.0 Å². The van der Waals surface area contributed by atoms with Crippen LogP contribution in [-0.2, 0) is 6.54 Å². The van der Waals surface area contributed by atoms with Crippen molar-refractivity contribution in [2.24, 2.45) is 0 Å². The molecule has 186 valence electrons. The van der Waals surface area contributed by atoms with Crippen molar-refractivity contribution < 1.29 is 5.11 Å². The number of fused-ring (bicyclic) bond motifs is 5. The molecule has 0 unspecified atom stereocenters. The van der Waals surface area contributed by atoms with E-state index in [0.29, 0.717) is 5.75 Å². The molecule has 0 saturated carbocycles. The van der Waals surface area contributed by atoms with Gasteiger partial charge in [0.15, 0.2) is 0 Å². The molecule has 2 N–H and O–H groups in total. The van der Waals surface area contributed by atoms with E-state index in [0.717, 1.165) is 18.4 Å². The highest BCUT2D eigenvalue weighted by molar-refractivity contribution is 6.23. The van der Waals surface area contributed by atoms with Crippen LogP contribution in [0.1, 0.15) is 25.7 Å². The highest BCUT2D eigenvalue weighted by atomic mass is 16.3. The van der Waals surface area contributed by atoms with E-state index >= 15 is 0 Å². The zero-order valence-electron chi connectivity index (χ0n) is 21.2. The van der Waals surface area contributed by atoms with E-state index in [-0.39, 0.29) is 0 Å². The molecular weight excluding hydrogens is 444 g/mol. The summed E-state index contributed by atoms with van der Waals surface area (Å²) < 4.78 is 2.48. The van der Waals surface area contributed by atoms with Crippen LogP contribution in [-0.4, -0.2) is 64.2 Å². The third-order valence-corrected chi connectivity index (χ3v) is 7.96. The number of unbranched alkanes of at least 4 members (excludes halogenated alkanes) is 3. The molecule has 5 heteroatoms. The lowest BCUT2D eigenvalue weighted by atomic mass is 9.97. The molecule has 0 radical (unpaired) electrons. The number of phenolic OH excluding ortho intramolecular Hbond substituents is 1. The van der Waals surface area contributed by atoms with E-state index in [9.17, 15) is 5.11 Å². The fourth-order valence-electron chi connectivity index (χ4n) is 5.93. The molecule has 2 aromatic heterocycles. The molecule has 0 atom stereocenters. The minimum atomic E-state index is 0.321. The van der Waals surface area contributed by atoms with Crippen LogP contribution in [0.5, 0.6) is 5.75 Å². The second-order valence-corrected chi connectivity index (χ2v) is 10.4. The van der Waals surface area contributed by atoms with Crippen molar-refractivity contribution in [1.29, 1.82) is 0 Å². The molecule has 5 nitrogen and oxygen atoms in total. The van der Waals surface area contributed by atoms with Gasteiger partial charge in [-0.3, -0.25) is 0 Å². The lowest BCUT2D eigenvalue weighted by Crippen LogP contribution is -2.44. The number of phenols is 1. The average Bonchev–Trinajstić information content (AvgIpc) is 3.50. The predicted molar refractivity (Wildman–Crippen MR) is 151 cm³/mol. The van der Waals surface area contributed by atoms with Gasteiger partial charge in [-0.2, -0.15) is 0 Å². The van der Waals surface area contributed by atoms with Gasteiger partial charge in [-0.15, -0.1) is 0 Å². The van der Waals surface area contributed by atoms with Gasteiger partial charge in [0.05, 0.1) is 5.52 Å². The maximum absolute atomic E-state index is 10.3. The SMILES string of the molecule is CN1CCN(CCCCCCn2c3ccc(O)cc3c3c4c[nH]cc4c(-c4ccccc4)cc32)CC1. The fraction of sp³-hybridized carbons (Fsp3) is 0.355. The Labute approximate surface area is 212 Å². The minimum Gasteiger partial charge on any atom is -0.508 e. The minimum absolute atomic E-state index is 0.321. The summed E-state index contributed by atoms with van der Waals surface area (Å²) in [6.45, 7) is 7.04. The maximum atomic E-state index is 10.3. The number of nitrogens with zero attached hydrogens (tertiary/aromatic N) is 3. The van der Waals surface area contributed by atoms with Gasteiger partial charge in [0.25, 0.3) is 0 Å². The van der Waals surface area contributed by atoms with E-state index in [2.05, 4.69) is 81.3 Å². The van der Waals surface area contributed by atoms with Crippen molar-refractivity contribution in [2.75, 3.05) is 39.8 Å². The van der Waals surface area contributed by atoms with Gasteiger partial charge in [-0.05, 0) is 61.8 Å². The van der Waals surface area contributed by atoms with Crippen LogP contribution < -0.4 is 0 Å². The van der Waals surface area contributed by atoms with Crippen molar-refractivity contribution in [3.8, 4) is 16.9 Å². The molecule has 3 aromatic carbocycles. The van der Waals surface area contributed by atoms with Gasteiger partial charge in [0, 0.05) is 72.2 Å². The monoisotopic (exact) mass is 480 g/mol. The Hall–Kier alpha value is -3.28. The maximum Gasteiger partial charge on any atom is 0.116 e. The topological polar surface area (TPSA) is 47.4 Å². The number of H-pyrrole nitrogens is 1. The Morgan fingerprint density at radius 1 is 0.750 bits per heavy atom. The zero-order valence-corrected chi connectivity index (χ0v) is 21.2. The third kappa shape index (κ3) is 4.38. The normalized spacial score (nSPS) is 15.5. The van der Waals surface area contributed by atoms with E-state index < -0.39 is 0 Å². The highest BCUT2D eigenvalue weighted by Crippen LogP contribution is 2.41. The van der Waals surface area contributed by atoms with Crippen molar-refractivity contribution in [2.45, 2.75) is 32.2 Å². The molecule has 6 rings (SSSR count). The summed E-state index contributed by atoms with van der Waals surface area (Å²) in [6, 6.07) is 18.8. The molecule has 0 spiro atoms. The number of aromatic amines is 1. The molecule has 1 fully saturated rings. The van der Waals surface area contributed by atoms with Crippen LogP contribution in [0, 0.1) is 0 Å². The molecule has 36 heavy (non-hydrogen) atoms. The Bertz CT molecular complexity index is 1470. The third-order valence-electron chi connectivity index (χ3n) is 7.96. The largest absolute Gasteiger partial charge is 0.508 e. The number of piperazine rings is 1. The van der Waals surface area contributed by atoms with Crippen LogP contribution in [0.2, 0.25) is 0 Å². The van der Waals surface area contributed by atoms with Crippen molar-refractivity contribution in [3.63, 3.8) is 0 Å². The molecule has 3 heterocycles. The van der Waals surface area contributed by atoms with Crippen LogP contribution in [0.3, 0.4) is 0 Å². The summed E-state index contributed by atoms with van der Waals surface area (Å²) >= 11 is 0. The quantitative estimate of drug-likeness (QED) is 0.251. The summed E-state index contributed by atoms with van der Waals surface area (Å²) in [7, 11) is 2.22. The first kappa shape index (κ1) is 23.1. The summed E-state index contributed by atoms with van der Waals surface area (Å²) in [5, 5.41) is 15.1. The van der Waals surface area contributed by atoms with Gasteiger partial charge < -0.3 is 24.5 Å². The predicted octanol–water partition coefficient (Wildman–Crippen LogP) is 6.46. The lowest BCUT2D eigenvalue weighted by molar-refractivity contribution is 0.152. The Kier molecular flexibility index (Phi) is 6.43. The smallest absolute Gasteiger partial charge is 0.116 e. The van der Waals surface area contributed by atoms with Gasteiger partial charge in [0.1, 0.15) is 5.75 Å². The Balaban J connectivity index is 1.27. The first-order valence-electron chi connectivity index (χ1n) is 13.4. The van der Waals surface area contributed by atoms with Crippen molar-refractivity contribution in [3.05, 3.63) is 67.0 Å². The van der Waals surface area contributed by atoms with E-state index in [1.54, 1.807) is 0 Å². The molecule has 0 bridgehead atoms. The summed E-state index contributed by atoms with van der Waals surface area (Å²) in [5.41, 5.74) is 4.93. The molecule has 1 aliphatic rings. The van der Waals surface area contributed by atoms with Gasteiger partial charge >= 0.3 is 0 Å².